The van der Waals surface area contributed by atoms with Gasteiger partial charge in [-0.25, -0.2) is 0 Å². The molecule has 2 N–H and O–H groups in total. The molecule has 1 atom stereocenters. The van der Waals surface area contributed by atoms with Crippen molar-refractivity contribution in [3.8, 4) is 0 Å². The second-order valence-electron chi connectivity index (χ2n) is 4.28. The zero-order valence-corrected chi connectivity index (χ0v) is 11.7. The minimum atomic E-state index is 0.0306. The third-order valence-electron chi connectivity index (χ3n) is 2.76. The highest BCUT2D eigenvalue weighted by atomic mass is 32.2. The van der Waals surface area contributed by atoms with Gasteiger partial charge in [0, 0.05) is 24.2 Å². The first-order chi connectivity index (χ1) is 8.60. The maximum absolute atomic E-state index is 5.94. The Morgan fingerprint density at radius 3 is 2.72 bits per heavy atom. The van der Waals surface area contributed by atoms with E-state index < -0.39 is 0 Å². The highest BCUT2D eigenvalue weighted by molar-refractivity contribution is 7.99. The Bertz CT molecular complexity index is 518. The van der Waals surface area contributed by atoms with Gasteiger partial charge in [-0.05, 0) is 31.5 Å². The normalized spacial score (nSPS) is 12.7. The van der Waals surface area contributed by atoms with Crippen molar-refractivity contribution in [1.82, 2.24) is 14.8 Å². The van der Waals surface area contributed by atoms with Crippen LogP contribution >= 0.6 is 11.8 Å². The SMILES string of the molecule is CCC(N)c1ccc(Sc2cc(C)nn2C)cn1. The van der Waals surface area contributed by atoms with E-state index in [-0.39, 0.29) is 6.04 Å². The quantitative estimate of drug-likeness (QED) is 0.920. The molecule has 0 aliphatic carbocycles. The van der Waals surface area contributed by atoms with Crippen LogP contribution in [0, 0.1) is 6.92 Å². The summed E-state index contributed by atoms with van der Waals surface area (Å²) in [5.74, 6) is 0. The molecule has 0 aliphatic rings. The molecule has 0 saturated heterocycles. The fourth-order valence-corrected chi connectivity index (χ4v) is 2.57. The lowest BCUT2D eigenvalue weighted by Gasteiger charge is -2.08. The fourth-order valence-electron chi connectivity index (χ4n) is 1.68. The van der Waals surface area contributed by atoms with Crippen LogP contribution in [0.15, 0.2) is 34.3 Å². The highest BCUT2D eigenvalue weighted by Crippen LogP contribution is 2.27. The zero-order chi connectivity index (χ0) is 13.1. The van der Waals surface area contributed by atoms with Crippen molar-refractivity contribution in [1.29, 1.82) is 0 Å². The predicted molar refractivity (Wildman–Crippen MR) is 73.5 cm³/mol. The molecular formula is C13H18N4S. The minimum Gasteiger partial charge on any atom is -0.323 e. The fraction of sp³-hybridized carbons (Fsp3) is 0.385. The van der Waals surface area contributed by atoms with Crippen LogP contribution < -0.4 is 5.73 Å². The maximum atomic E-state index is 5.94. The lowest BCUT2D eigenvalue weighted by Crippen LogP contribution is -2.10. The molecule has 1 unspecified atom stereocenters. The molecule has 0 aromatic carbocycles. The molecule has 0 bridgehead atoms. The molecule has 2 aromatic rings. The summed E-state index contributed by atoms with van der Waals surface area (Å²) < 4.78 is 1.88. The first-order valence-electron chi connectivity index (χ1n) is 6.00. The summed E-state index contributed by atoms with van der Waals surface area (Å²) in [6, 6.07) is 6.16. The molecule has 96 valence electrons. The van der Waals surface area contributed by atoms with Crippen molar-refractivity contribution in [2.75, 3.05) is 0 Å². The number of nitrogens with zero attached hydrogens (tertiary/aromatic N) is 3. The average molecular weight is 262 g/mol. The summed E-state index contributed by atoms with van der Waals surface area (Å²) >= 11 is 1.66. The summed E-state index contributed by atoms with van der Waals surface area (Å²) in [7, 11) is 1.95. The highest BCUT2D eigenvalue weighted by Gasteiger charge is 2.07. The van der Waals surface area contributed by atoms with E-state index in [1.54, 1.807) is 11.8 Å². The molecule has 2 aromatic heterocycles. The van der Waals surface area contributed by atoms with Gasteiger partial charge >= 0.3 is 0 Å². The number of nitrogens with two attached hydrogens (primary N) is 1. The van der Waals surface area contributed by atoms with Crippen molar-refractivity contribution < 1.29 is 0 Å². The lowest BCUT2D eigenvalue weighted by atomic mass is 10.1. The number of pyridine rings is 1. The van der Waals surface area contributed by atoms with Crippen molar-refractivity contribution >= 4 is 11.8 Å². The van der Waals surface area contributed by atoms with Gasteiger partial charge in [0.1, 0.15) is 0 Å². The van der Waals surface area contributed by atoms with E-state index in [2.05, 4.69) is 29.1 Å². The number of aryl methyl sites for hydroxylation is 2. The van der Waals surface area contributed by atoms with Gasteiger partial charge in [0.25, 0.3) is 0 Å². The molecule has 4 nitrogen and oxygen atoms in total. The first kappa shape index (κ1) is 13.1. The Balaban J connectivity index is 2.13. The monoisotopic (exact) mass is 262 g/mol. The summed E-state index contributed by atoms with van der Waals surface area (Å²) in [4.78, 5) is 5.51. The Morgan fingerprint density at radius 1 is 1.44 bits per heavy atom. The van der Waals surface area contributed by atoms with E-state index in [1.165, 1.54) is 0 Å². The Morgan fingerprint density at radius 2 is 2.22 bits per heavy atom. The number of rotatable bonds is 4. The van der Waals surface area contributed by atoms with Crippen molar-refractivity contribution in [2.24, 2.45) is 12.8 Å². The van der Waals surface area contributed by atoms with Crippen LogP contribution in [-0.2, 0) is 7.05 Å². The van der Waals surface area contributed by atoms with Gasteiger partial charge in [-0.2, -0.15) is 5.10 Å². The van der Waals surface area contributed by atoms with Crippen LogP contribution in [0.5, 0.6) is 0 Å². The number of hydrogen-bond donors (Lipinski definition) is 1. The predicted octanol–water partition coefficient (Wildman–Crippen LogP) is 2.68. The van der Waals surface area contributed by atoms with Gasteiger partial charge in [0.15, 0.2) is 0 Å². The molecule has 0 radical (unpaired) electrons. The van der Waals surface area contributed by atoms with Crippen LogP contribution in [0.2, 0.25) is 0 Å². The molecule has 0 aliphatic heterocycles. The standard InChI is InChI=1S/C13H18N4S/c1-4-11(14)12-6-5-10(8-15-12)18-13-7-9(2)16-17(13)3/h5-8,11H,4,14H2,1-3H3. The van der Waals surface area contributed by atoms with Crippen LogP contribution in [-0.4, -0.2) is 14.8 Å². The smallest absolute Gasteiger partial charge is 0.0987 e. The molecule has 0 fully saturated rings. The van der Waals surface area contributed by atoms with E-state index in [1.807, 2.05) is 30.9 Å². The lowest BCUT2D eigenvalue weighted by molar-refractivity contribution is 0.673. The van der Waals surface area contributed by atoms with E-state index >= 15 is 0 Å². The maximum Gasteiger partial charge on any atom is 0.0987 e. The third-order valence-corrected chi connectivity index (χ3v) is 3.83. The van der Waals surface area contributed by atoms with Crippen LogP contribution in [0.3, 0.4) is 0 Å². The zero-order valence-electron chi connectivity index (χ0n) is 10.9. The summed E-state index contributed by atoms with van der Waals surface area (Å²) in [5, 5.41) is 5.43. The summed E-state index contributed by atoms with van der Waals surface area (Å²) in [6.45, 7) is 4.05. The summed E-state index contributed by atoms with van der Waals surface area (Å²) in [5.41, 5.74) is 7.91. The molecule has 0 spiro atoms. The Hall–Kier alpha value is -1.33. The second-order valence-corrected chi connectivity index (χ2v) is 5.38. The topological polar surface area (TPSA) is 56.7 Å². The number of aromatic nitrogens is 3. The molecular weight excluding hydrogens is 244 g/mol. The summed E-state index contributed by atoms with van der Waals surface area (Å²) in [6.07, 6.45) is 2.78. The van der Waals surface area contributed by atoms with E-state index in [9.17, 15) is 0 Å². The molecule has 0 saturated carbocycles. The van der Waals surface area contributed by atoms with Crippen molar-refractivity contribution in [3.05, 3.63) is 35.8 Å². The third kappa shape index (κ3) is 2.91. The molecule has 2 heterocycles. The molecule has 5 heteroatoms. The van der Waals surface area contributed by atoms with Crippen LogP contribution in [0.4, 0.5) is 0 Å². The van der Waals surface area contributed by atoms with E-state index in [0.717, 1.165) is 27.7 Å². The van der Waals surface area contributed by atoms with Gasteiger partial charge in [0.2, 0.25) is 0 Å². The van der Waals surface area contributed by atoms with Crippen molar-refractivity contribution in [2.45, 2.75) is 36.2 Å². The van der Waals surface area contributed by atoms with Crippen LogP contribution in [0.25, 0.3) is 0 Å². The van der Waals surface area contributed by atoms with Crippen LogP contribution in [0.1, 0.15) is 30.8 Å². The van der Waals surface area contributed by atoms with E-state index in [0.29, 0.717) is 0 Å². The van der Waals surface area contributed by atoms with Gasteiger partial charge in [-0.1, -0.05) is 18.7 Å². The number of hydrogen-bond acceptors (Lipinski definition) is 4. The molecule has 2 rings (SSSR count). The average Bonchev–Trinajstić information content (AvgIpc) is 2.68. The molecule has 0 amide bonds. The van der Waals surface area contributed by atoms with Gasteiger partial charge < -0.3 is 5.73 Å². The van der Waals surface area contributed by atoms with Gasteiger partial charge in [-0.3, -0.25) is 9.67 Å². The Kier molecular flexibility index (Phi) is 4.04. The van der Waals surface area contributed by atoms with Gasteiger partial charge in [-0.15, -0.1) is 0 Å². The second kappa shape index (κ2) is 5.54. The molecule has 18 heavy (non-hydrogen) atoms. The van der Waals surface area contributed by atoms with E-state index in [4.69, 9.17) is 5.73 Å². The largest absolute Gasteiger partial charge is 0.323 e. The Labute approximate surface area is 112 Å². The first-order valence-corrected chi connectivity index (χ1v) is 6.82. The van der Waals surface area contributed by atoms with Gasteiger partial charge in [0.05, 0.1) is 16.4 Å². The minimum absolute atomic E-state index is 0.0306. The van der Waals surface area contributed by atoms with Crippen molar-refractivity contribution in [3.63, 3.8) is 0 Å².